The minimum absolute atomic E-state index is 0.271. The Kier molecular flexibility index (Phi) is 7.07. The molecule has 34 heavy (non-hydrogen) atoms. The van der Waals surface area contributed by atoms with Crippen LogP contribution in [0.5, 0.6) is 17.2 Å². The average molecular weight is 524 g/mol. The standard InChI is InChI=1S/C26H26BrN3O4/c1-16(28-26(31)18-13-22(32-2)24(34-4)23(14-18)33-3)25-29-20-10-5-6-11-21(20)30(25)15-17-8-7-9-19(27)12-17/h5-14,16H,15H2,1-4H3,(H,28,31). The Morgan fingerprint density at radius 3 is 2.35 bits per heavy atom. The first-order valence-corrected chi connectivity index (χ1v) is 11.5. The van der Waals surface area contributed by atoms with Crippen LogP contribution in [0.15, 0.2) is 65.1 Å². The Balaban J connectivity index is 1.67. The molecule has 0 bridgehead atoms. The number of carbonyl (C=O) groups is 1. The number of fused-ring (bicyclic) bond motifs is 1. The van der Waals surface area contributed by atoms with Gasteiger partial charge in [0, 0.05) is 16.6 Å². The molecule has 3 aromatic carbocycles. The van der Waals surface area contributed by atoms with Gasteiger partial charge in [-0.05, 0) is 48.9 Å². The van der Waals surface area contributed by atoms with Gasteiger partial charge in [0.05, 0.1) is 38.4 Å². The monoisotopic (exact) mass is 523 g/mol. The van der Waals surface area contributed by atoms with Crippen LogP contribution in [0.4, 0.5) is 0 Å². The summed E-state index contributed by atoms with van der Waals surface area (Å²) in [7, 11) is 4.57. The number of imidazole rings is 1. The van der Waals surface area contributed by atoms with Gasteiger partial charge < -0.3 is 24.1 Å². The predicted octanol–water partition coefficient (Wildman–Crippen LogP) is 5.36. The number of nitrogens with zero attached hydrogens (tertiary/aromatic N) is 2. The zero-order chi connectivity index (χ0) is 24.2. The van der Waals surface area contributed by atoms with E-state index in [-0.39, 0.29) is 11.9 Å². The number of methoxy groups -OCH3 is 3. The molecule has 0 aliphatic heterocycles. The highest BCUT2D eigenvalue weighted by Gasteiger charge is 2.22. The van der Waals surface area contributed by atoms with Crippen molar-refractivity contribution >= 4 is 32.9 Å². The van der Waals surface area contributed by atoms with Crippen LogP contribution < -0.4 is 19.5 Å². The van der Waals surface area contributed by atoms with Crippen LogP contribution in [0.3, 0.4) is 0 Å². The molecule has 0 saturated carbocycles. The fourth-order valence-electron chi connectivity index (χ4n) is 3.97. The number of aromatic nitrogens is 2. The summed E-state index contributed by atoms with van der Waals surface area (Å²) in [6.07, 6.45) is 0. The lowest BCUT2D eigenvalue weighted by molar-refractivity contribution is 0.0937. The van der Waals surface area contributed by atoms with Gasteiger partial charge in [0.25, 0.3) is 5.91 Å². The van der Waals surface area contributed by atoms with Crippen molar-refractivity contribution in [2.24, 2.45) is 0 Å². The normalized spacial score (nSPS) is 11.8. The van der Waals surface area contributed by atoms with Gasteiger partial charge in [0.2, 0.25) is 5.75 Å². The van der Waals surface area contributed by atoms with Crippen LogP contribution in [0, 0.1) is 0 Å². The van der Waals surface area contributed by atoms with Crippen molar-refractivity contribution in [2.45, 2.75) is 19.5 Å². The van der Waals surface area contributed by atoms with E-state index in [1.807, 2.05) is 43.3 Å². The van der Waals surface area contributed by atoms with Crippen LogP contribution >= 0.6 is 15.9 Å². The average Bonchev–Trinajstić information content (AvgIpc) is 3.21. The summed E-state index contributed by atoms with van der Waals surface area (Å²) in [6.45, 7) is 2.55. The zero-order valence-corrected chi connectivity index (χ0v) is 21.0. The minimum Gasteiger partial charge on any atom is -0.493 e. The maximum atomic E-state index is 13.2. The van der Waals surface area contributed by atoms with Gasteiger partial charge in [-0.25, -0.2) is 4.98 Å². The van der Waals surface area contributed by atoms with Crippen molar-refractivity contribution in [1.29, 1.82) is 0 Å². The smallest absolute Gasteiger partial charge is 0.252 e. The van der Waals surface area contributed by atoms with Gasteiger partial charge in [0.15, 0.2) is 11.5 Å². The highest BCUT2D eigenvalue weighted by Crippen LogP contribution is 2.38. The topological polar surface area (TPSA) is 74.6 Å². The summed E-state index contributed by atoms with van der Waals surface area (Å²) in [6, 6.07) is 19.0. The molecule has 1 heterocycles. The minimum atomic E-state index is -0.355. The highest BCUT2D eigenvalue weighted by molar-refractivity contribution is 9.10. The first-order valence-electron chi connectivity index (χ1n) is 10.8. The maximum Gasteiger partial charge on any atom is 0.252 e. The van der Waals surface area contributed by atoms with E-state index in [9.17, 15) is 4.79 Å². The van der Waals surface area contributed by atoms with Crippen LogP contribution in [0.1, 0.15) is 34.7 Å². The Labute approximate surface area is 206 Å². The first kappa shape index (κ1) is 23.6. The summed E-state index contributed by atoms with van der Waals surface area (Å²) in [5.41, 5.74) is 3.41. The number of para-hydroxylation sites is 2. The lowest BCUT2D eigenvalue weighted by Gasteiger charge is -2.18. The molecule has 1 amide bonds. The van der Waals surface area contributed by atoms with E-state index in [1.54, 1.807) is 12.1 Å². The van der Waals surface area contributed by atoms with Crippen LogP contribution in [-0.2, 0) is 6.54 Å². The lowest BCUT2D eigenvalue weighted by Crippen LogP contribution is -2.29. The van der Waals surface area contributed by atoms with Crippen LogP contribution in [0.25, 0.3) is 11.0 Å². The molecule has 1 N–H and O–H groups in total. The molecule has 4 rings (SSSR count). The van der Waals surface area contributed by atoms with Crippen molar-refractivity contribution in [1.82, 2.24) is 14.9 Å². The fraction of sp³-hybridized carbons (Fsp3) is 0.231. The molecule has 4 aromatic rings. The van der Waals surface area contributed by atoms with E-state index in [0.29, 0.717) is 29.4 Å². The van der Waals surface area contributed by atoms with E-state index < -0.39 is 0 Å². The summed E-state index contributed by atoms with van der Waals surface area (Å²) in [5, 5.41) is 3.07. The number of halogens is 1. The van der Waals surface area contributed by atoms with Gasteiger partial charge in [-0.3, -0.25) is 4.79 Å². The van der Waals surface area contributed by atoms with Crippen molar-refractivity contribution in [3.63, 3.8) is 0 Å². The van der Waals surface area contributed by atoms with E-state index in [2.05, 4.69) is 37.9 Å². The van der Waals surface area contributed by atoms with Gasteiger partial charge in [-0.2, -0.15) is 0 Å². The number of hydrogen-bond donors (Lipinski definition) is 1. The van der Waals surface area contributed by atoms with Gasteiger partial charge in [-0.15, -0.1) is 0 Å². The van der Waals surface area contributed by atoms with Crippen molar-refractivity contribution < 1.29 is 19.0 Å². The Morgan fingerprint density at radius 1 is 1.00 bits per heavy atom. The molecule has 1 aromatic heterocycles. The van der Waals surface area contributed by atoms with Crippen molar-refractivity contribution in [3.05, 3.63) is 82.1 Å². The summed E-state index contributed by atoms with van der Waals surface area (Å²) in [4.78, 5) is 18.0. The maximum absolute atomic E-state index is 13.2. The molecule has 176 valence electrons. The number of ether oxygens (including phenoxy) is 3. The van der Waals surface area contributed by atoms with E-state index in [1.165, 1.54) is 21.3 Å². The summed E-state index contributed by atoms with van der Waals surface area (Å²) in [5.74, 6) is 1.77. The second-order valence-corrected chi connectivity index (χ2v) is 8.70. The number of amides is 1. The quantitative estimate of drug-likeness (QED) is 0.336. The largest absolute Gasteiger partial charge is 0.493 e. The molecule has 0 radical (unpaired) electrons. The summed E-state index contributed by atoms with van der Waals surface area (Å²) < 4.78 is 19.3. The molecule has 0 aliphatic rings. The third-order valence-electron chi connectivity index (χ3n) is 5.58. The molecule has 8 heteroatoms. The van der Waals surface area contributed by atoms with Gasteiger partial charge in [0.1, 0.15) is 5.82 Å². The molecular weight excluding hydrogens is 498 g/mol. The number of hydrogen-bond acceptors (Lipinski definition) is 5. The molecule has 0 saturated heterocycles. The number of nitrogens with one attached hydrogen (secondary N) is 1. The van der Waals surface area contributed by atoms with Gasteiger partial charge in [-0.1, -0.05) is 40.2 Å². The number of benzene rings is 3. The molecule has 1 unspecified atom stereocenters. The van der Waals surface area contributed by atoms with Crippen molar-refractivity contribution in [2.75, 3.05) is 21.3 Å². The lowest BCUT2D eigenvalue weighted by atomic mass is 10.1. The molecule has 1 atom stereocenters. The van der Waals surface area contributed by atoms with Crippen LogP contribution in [-0.4, -0.2) is 36.8 Å². The third kappa shape index (κ3) is 4.72. The van der Waals surface area contributed by atoms with E-state index in [0.717, 1.165) is 26.9 Å². The van der Waals surface area contributed by atoms with Crippen molar-refractivity contribution in [3.8, 4) is 17.2 Å². The third-order valence-corrected chi connectivity index (χ3v) is 6.07. The fourth-order valence-corrected chi connectivity index (χ4v) is 4.41. The second kappa shape index (κ2) is 10.2. The Hall–Kier alpha value is -3.52. The first-order chi connectivity index (χ1) is 16.4. The van der Waals surface area contributed by atoms with E-state index >= 15 is 0 Å². The summed E-state index contributed by atoms with van der Waals surface area (Å²) >= 11 is 3.54. The number of carbonyl (C=O) groups excluding carboxylic acids is 1. The molecule has 0 aliphatic carbocycles. The predicted molar refractivity (Wildman–Crippen MR) is 135 cm³/mol. The van der Waals surface area contributed by atoms with Gasteiger partial charge >= 0.3 is 0 Å². The Morgan fingerprint density at radius 2 is 1.71 bits per heavy atom. The SMILES string of the molecule is COc1cc(C(=O)NC(C)c2nc3ccccc3n2Cc2cccc(Br)c2)cc(OC)c1OC. The number of rotatable bonds is 8. The molecule has 0 spiro atoms. The van der Waals surface area contributed by atoms with Crippen LogP contribution in [0.2, 0.25) is 0 Å². The van der Waals surface area contributed by atoms with E-state index in [4.69, 9.17) is 19.2 Å². The zero-order valence-electron chi connectivity index (χ0n) is 19.5. The molecule has 7 nitrogen and oxygen atoms in total. The second-order valence-electron chi connectivity index (χ2n) is 7.78. The molecule has 0 fully saturated rings. The molecular formula is C26H26BrN3O4. The Bertz CT molecular complexity index is 1310. The highest BCUT2D eigenvalue weighted by atomic mass is 79.9.